The summed E-state index contributed by atoms with van der Waals surface area (Å²) in [6.07, 6.45) is 0.837. The van der Waals surface area contributed by atoms with Crippen LogP contribution in [0.1, 0.15) is 23.5 Å². The second kappa shape index (κ2) is 5.93. The van der Waals surface area contributed by atoms with Crippen molar-refractivity contribution in [2.45, 2.75) is 12.3 Å². The highest BCUT2D eigenvalue weighted by atomic mass is 79.9. The van der Waals surface area contributed by atoms with Crippen molar-refractivity contribution in [3.8, 4) is 0 Å². The van der Waals surface area contributed by atoms with E-state index in [-0.39, 0.29) is 23.6 Å². The Hall–Kier alpha value is -2.14. The van der Waals surface area contributed by atoms with E-state index in [9.17, 15) is 4.79 Å². The molecule has 0 spiro atoms. The van der Waals surface area contributed by atoms with Gasteiger partial charge in [0.1, 0.15) is 5.84 Å². The SMILES string of the molecule is N=C(N)c1cccc([C@H]2C[C@H]2C(=O)Nc2ccc(Br)cc2)c1. The zero-order chi connectivity index (χ0) is 15.7. The Bertz CT molecular complexity index is 727. The van der Waals surface area contributed by atoms with Crippen molar-refractivity contribution in [1.29, 1.82) is 5.41 Å². The molecule has 112 valence electrons. The molecule has 1 amide bonds. The van der Waals surface area contributed by atoms with Crippen molar-refractivity contribution >= 4 is 33.4 Å². The lowest BCUT2D eigenvalue weighted by atomic mass is 10.0. The van der Waals surface area contributed by atoms with Crippen LogP contribution < -0.4 is 11.1 Å². The number of hydrogen-bond acceptors (Lipinski definition) is 2. The summed E-state index contributed by atoms with van der Waals surface area (Å²) in [6.45, 7) is 0. The third-order valence-electron chi connectivity index (χ3n) is 3.86. The highest BCUT2D eigenvalue weighted by molar-refractivity contribution is 9.10. The maximum atomic E-state index is 12.3. The molecule has 2 atom stereocenters. The van der Waals surface area contributed by atoms with Gasteiger partial charge in [-0.2, -0.15) is 0 Å². The first-order chi connectivity index (χ1) is 10.5. The number of rotatable bonds is 4. The predicted molar refractivity (Wildman–Crippen MR) is 91.1 cm³/mol. The minimum absolute atomic E-state index is 0.00847. The van der Waals surface area contributed by atoms with Crippen molar-refractivity contribution < 1.29 is 4.79 Å². The van der Waals surface area contributed by atoms with Crippen molar-refractivity contribution in [3.63, 3.8) is 0 Å². The lowest BCUT2D eigenvalue weighted by Gasteiger charge is -2.06. The fourth-order valence-corrected chi connectivity index (χ4v) is 2.82. The van der Waals surface area contributed by atoms with Gasteiger partial charge in [-0.3, -0.25) is 10.2 Å². The van der Waals surface area contributed by atoms with Crippen LogP contribution in [0.2, 0.25) is 0 Å². The minimum Gasteiger partial charge on any atom is -0.384 e. The number of amidine groups is 1. The van der Waals surface area contributed by atoms with Crippen LogP contribution in [0.4, 0.5) is 5.69 Å². The van der Waals surface area contributed by atoms with Crippen LogP contribution in [0.3, 0.4) is 0 Å². The van der Waals surface area contributed by atoms with Gasteiger partial charge in [-0.05, 0) is 48.2 Å². The van der Waals surface area contributed by atoms with Gasteiger partial charge >= 0.3 is 0 Å². The van der Waals surface area contributed by atoms with E-state index < -0.39 is 0 Å². The Labute approximate surface area is 137 Å². The first-order valence-electron chi connectivity index (χ1n) is 7.05. The molecule has 2 aromatic carbocycles. The molecule has 3 rings (SSSR count). The zero-order valence-electron chi connectivity index (χ0n) is 11.8. The molecule has 22 heavy (non-hydrogen) atoms. The van der Waals surface area contributed by atoms with Crippen molar-refractivity contribution in [1.82, 2.24) is 0 Å². The van der Waals surface area contributed by atoms with Crippen LogP contribution in [0.15, 0.2) is 53.0 Å². The van der Waals surface area contributed by atoms with Crippen LogP contribution in [0.25, 0.3) is 0 Å². The number of anilines is 1. The van der Waals surface area contributed by atoms with Crippen molar-refractivity contribution in [2.75, 3.05) is 5.32 Å². The third kappa shape index (κ3) is 3.20. The van der Waals surface area contributed by atoms with E-state index in [1.54, 1.807) is 0 Å². The minimum atomic E-state index is -0.00847. The summed E-state index contributed by atoms with van der Waals surface area (Å²) in [5.74, 6) is 0.305. The molecule has 4 N–H and O–H groups in total. The Balaban J connectivity index is 1.66. The molecule has 0 saturated heterocycles. The van der Waals surface area contributed by atoms with Crippen LogP contribution in [0, 0.1) is 11.3 Å². The van der Waals surface area contributed by atoms with E-state index >= 15 is 0 Å². The Morgan fingerprint density at radius 3 is 2.64 bits per heavy atom. The van der Waals surface area contributed by atoms with Gasteiger partial charge in [0, 0.05) is 21.6 Å². The number of benzene rings is 2. The molecule has 0 heterocycles. The van der Waals surface area contributed by atoms with Gasteiger partial charge in [0.15, 0.2) is 0 Å². The molecule has 4 nitrogen and oxygen atoms in total. The van der Waals surface area contributed by atoms with Gasteiger partial charge < -0.3 is 11.1 Å². The quantitative estimate of drug-likeness (QED) is 0.578. The van der Waals surface area contributed by atoms with Gasteiger partial charge in [0.25, 0.3) is 0 Å². The molecule has 1 saturated carbocycles. The van der Waals surface area contributed by atoms with E-state index in [1.807, 2.05) is 48.5 Å². The molecule has 0 bridgehead atoms. The van der Waals surface area contributed by atoms with Crippen molar-refractivity contribution in [3.05, 3.63) is 64.1 Å². The first kappa shape index (κ1) is 14.8. The van der Waals surface area contributed by atoms with Gasteiger partial charge in [0.2, 0.25) is 5.91 Å². The Morgan fingerprint density at radius 2 is 1.95 bits per heavy atom. The molecule has 0 unspecified atom stereocenters. The molecule has 5 heteroatoms. The molecule has 1 fully saturated rings. The Kier molecular flexibility index (Phi) is 3.98. The molecule has 0 aliphatic heterocycles. The maximum Gasteiger partial charge on any atom is 0.228 e. The second-order valence-corrected chi connectivity index (χ2v) is 6.40. The number of carbonyl (C=O) groups excluding carboxylic acids is 1. The zero-order valence-corrected chi connectivity index (χ0v) is 13.4. The molecule has 1 aliphatic carbocycles. The van der Waals surface area contributed by atoms with Gasteiger partial charge in [0.05, 0.1) is 0 Å². The fraction of sp³-hybridized carbons (Fsp3) is 0.176. The standard InChI is InChI=1S/C17H16BrN3O/c18-12-4-6-13(7-5-12)21-17(22)15-9-14(15)10-2-1-3-11(8-10)16(19)20/h1-8,14-15H,9H2,(H3,19,20)(H,21,22)/t14-,15-/m1/s1. The summed E-state index contributed by atoms with van der Waals surface area (Å²) in [6, 6.07) is 15.1. The summed E-state index contributed by atoms with van der Waals surface area (Å²) in [7, 11) is 0. The molecule has 1 aliphatic rings. The average Bonchev–Trinajstić information content (AvgIpc) is 3.30. The van der Waals surface area contributed by atoms with Gasteiger partial charge in [-0.15, -0.1) is 0 Å². The summed E-state index contributed by atoms with van der Waals surface area (Å²) in [5, 5.41) is 10.4. The number of amides is 1. The van der Waals surface area contributed by atoms with Crippen LogP contribution in [-0.4, -0.2) is 11.7 Å². The van der Waals surface area contributed by atoms with E-state index in [0.29, 0.717) is 5.56 Å². The molecule has 0 aromatic heterocycles. The molecule has 2 aromatic rings. The monoisotopic (exact) mass is 357 g/mol. The van der Waals surface area contributed by atoms with Crippen LogP contribution in [0.5, 0.6) is 0 Å². The molecular weight excluding hydrogens is 342 g/mol. The van der Waals surface area contributed by atoms with E-state index in [2.05, 4.69) is 21.2 Å². The maximum absolute atomic E-state index is 12.3. The summed E-state index contributed by atoms with van der Waals surface area (Å²) < 4.78 is 0.982. The molecular formula is C17H16BrN3O. The average molecular weight is 358 g/mol. The van der Waals surface area contributed by atoms with E-state index in [4.69, 9.17) is 11.1 Å². The third-order valence-corrected chi connectivity index (χ3v) is 4.39. The van der Waals surface area contributed by atoms with Crippen molar-refractivity contribution in [2.24, 2.45) is 11.7 Å². The highest BCUT2D eigenvalue weighted by Gasteiger charge is 2.44. The van der Waals surface area contributed by atoms with Gasteiger partial charge in [-0.1, -0.05) is 34.1 Å². The predicted octanol–water partition coefficient (Wildman–Crippen LogP) is 3.48. The number of nitrogens with two attached hydrogens (primary N) is 1. The highest BCUT2D eigenvalue weighted by Crippen LogP contribution is 2.48. The number of hydrogen-bond donors (Lipinski definition) is 3. The van der Waals surface area contributed by atoms with Gasteiger partial charge in [-0.25, -0.2) is 0 Å². The number of halogens is 1. The van der Waals surface area contributed by atoms with Crippen LogP contribution >= 0.6 is 15.9 Å². The summed E-state index contributed by atoms with van der Waals surface area (Å²) in [4.78, 5) is 12.3. The summed E-state index contributed by atoms with van der Waals surface area (Å²) in [5.41, 5.74) is 8.09. The second-order valence-electron chi connectivity index (χ2n) is 5.48. The lowest BCUT2D eigenvalue weighted by Crippen LogP contribution is -2.14. The summed E-state index contributed by atoms with van der Waals surface area (Å²) >= 11 is 3.37. The topological polar surface area (TPSA) is 79.0 Å². The Morgan fingerprint density at radius 1 is 1.23 bits per heavy atom. The number of nitrogens with one attached hydrogen (secondary N) is 2. The van der Waals surface area contributed by atoms with Crippen LogP contribution in [-0.2, 0) is 4.79 Å². The normalized spacial score (nSPS) is 19.5. The van der Waals surface area contributed by atoms with E-state index in [0.717, 1.165) is 22.1 Å². The first-order valence-corrected chi connectivity index (χ1v) is 7.84. The smallest absolute Gasteiger partial charge is 0.228 e. The number of carbonyl (C=O) groups is 1. The lowest BCUT2D eigenvalue weighted by molar-refractivity contribution is -0.117. The molecule has 0 radical (unpaired) electrons. The van der Waals surface area contributed by atoms with E-state index in [1.165, 1.54) is 0 Å². The number of nitrogen functional groups attached to an aromatic ring is 1. The largest absolute Gasteiger partial charge is 0.384 e. The fourth-order valence-electron chi connectivity index (χ4n) is 2.56.